The molecule has 1 aromatic carbocycles. The molecule has 2 saturated heterocycles. The number of aliphatic hydroxyl groups is 1. The molecule has 1 N–H and O–H groups in total. The molecule has 5 nitrogen and oxygen atoms in total. The van der Waals surface area contributed by atoms with Crippen molar-refractivity contribution in [3.8, 4) is 0 Å². The zero-order valence-corrected chi connectivity index (χ0v) is 14.9. The lowest BCUT2D eigenvalue weighted by atomic mass is 9.93. The number of carbonyl (C=O) groups is 2. The van der Waals surface area contributed by atoms with Crippen molar-refractivity contribution in [2.45, 2.75) is 51.2 Å². The van der Waals surface area contributed by atoms with Gasteiger partial charge in [0.15, 0.2) is 0 Å². The van der Waals surface area contributed by atoms with Gasteiger partial charge in [0, 0.05) is 25.6 Å². The van der Waals surface area contributed by atoms with Crippen molar-refractivity contribution in [2.75, 3.05) is 19.6 Å². The van der Waals surface area contributed by atoms with Crippen LogP contribution in [-0.4, -0.2) is 58.5 Å². The van der Waals surface area contributed by atoms with E-state index >= 15 is 0 Å². The summed E-state index contributed by atoms with van der Waals surface area (Å²) in [6.45, 7) is 3.80. The van der Waals surface area contributed by atoms with E-state index in [-0.39, 0.29) is 23.8 Å². The van der Waals surface area contributed by atoms with Gasteiger partial charge in [-0.2, -0.15) is 0 Å². The van der Waals surface area contributed by atoms with Crippen LogP contribution in [0.25, 0.3) is 0 Å². The summed E-state index contributed by atoms with van der Waals surface area (Å²) in [5.74, 6) is 0.239. The summed E-state index contributed by atoms with van der Waals surface area (Å²) < 4.78 is 0. The Morgan fingerprint density at radius 1 is 1.16 bits per heavy atom. The van der Waals surface area contributed by atoms with Crippen LogP contribution in [0, 0.1) is 5.92 Å². The van der Waals surface area contributed by atoms with Gasteiger partial charge in [0.2, 0.25) is 11.8 Å². The number of likely N-dealkylation sites (tertiary alicyclic amines) is 2. The second-order valence-corrected chi connectivity index (χ2v) is 7.33. The standard InChI is InChI=1S/C20H28N2O3/c1-15(23)17-9-5-11-21(14-17)20(25)18-10-6-12-22(18)19(24)13-16-7-3-2-4-8-16/h2-4,7-8,15,17-18,23H,5-6,9-14H2,1H3. The van der Waals surface area contributed by atoms with Gasteiger partial charge in [-0.15, -0.1) is 0 Å². The maximum atomic E-state index is 13.0. The fourth-order valence-electron chi connectivity index (χ4n) is 4.01. The fourth-order valence-corrected chi connectivity index (χ4v) is 4.01. The third-order valence-electron chi connectivity index (χ3n) is 5.51. The average molecular weight is 344 g/mol. The molecule has 1 aromatic rings. The Morgan fingerprint density at radius 3 is 2.60 bits per heavy atom. The molecule has 136 valence electrons. The predicted molar refractivity (Wildman–Crippen MR) is 95.9 cm³/mol. The number of piperidine rings is 1. The zero-order chi connectivity index (χ0) is 17.8. The van der Waals surface area contributed by atoms with Crippen molar-refractivity contribution in [1.29, 1.82) is 0 Å². The third kappa shape index (κ3) is 4.21. The molecule has 0 saturated carbocycles. The molecule has 2 fully saturated rings. The van der Waals surface area contributed by atoms with Crippen LogP contribution in [0.3, 0.4) is 0 Å². The first-order valence-electron chi connectivity index (χ1n) is 9.36. The Kier molecular flexibility index (Phi) is 5.74. The maximum absolute atomic E-state index is 13.0. The van der Waals surface area contributed by atoms with E-state index in [1.165, 1.54) is 0 Å². The topological polar surface area (TPSA) is 60.9 Å². The summed E-state index contributed by atoms with van der Waals surface area (Å²) in [5, 5.41) is 9.84. The molecule has 2 aliphatic heterocycles. The highest BCUT2D eigenvalue weighted by Crippen LogP contribution is 2.25. The monoisotopic (exact) mass is 344 g/mol. The molecule has 25 heavy (non-hydrogen) atoms. The second kappa shape index (κ2) is 8.00. The molecule has 0 radical (unpaired) electrons. The number of aliphatic hydroxyl groups excluding tert-OH is 1. The van der Waals surface area contributed by atoms with E-state index in [1.54, 1.807) is 11.8 Å². The van der Waals surface area contributed by atoms with Gasteiger partial charge in [-0.05, 0) is 38.2 Å². The number of hydrogen-bond acceptors (Lipinski definition) is 3. The van der Waals surface area contributed by atoms with Gasteiger partial charge in [-0.1, -0.05) is 30.3 Å². The molecular weight excluding hydrogens is 316 g/mol. The summed E-state index contributed by atoms with van der Waals surface area (Å²) in [5.41, 5.74) is 0.984. The molecule has 3 unspecified atom stereocenters. The van der Waals surface area contributed by atoms with E-state index in [9.17, 15) is 14.7 Å². The number of carbonyl (C=O) groups excluding carboxylic acids is 2. The molecule has 3 atom stereocenters. The van der Waals surface area contributed by atoms with Crippen molar-refractivity contribution >= 4 is 11.8 Å². The van der Waals surface area contributed by atoms with Crippen molar-refractivity contribution in [3.05, 3.63) is 35.9 Å². The van der Waals surface area contributed by atoms with Gasteiger partial charge in [-0.25, -0.2) is 0 Å². The van der Waals surface area contributed by atoms with Crippen LogP contribution in [-0.2, 0) is 16.0 Å². The zero-order valence-electron chi connectivity index (χ0n) is 14.9. The molecule has 0 spiro atoms. The first-order valence-corrected chi connectivity index (χ1v) is 9.36. The Labute approximate surface area is 149 Å². The summed E-state index contributed by atoms with van der Waals surface area (Å²) in [6, 6.07) is 9.36. The van der Waals surface area contributed by atoms with E-state index in [4.69, 9.17) is 0 Å². The molecule has 0 aromatic heterocycles. The van der Waals surface area contributed by atoms with E-state index in [2.05, 4.69) is 0 Å². The normalized spacial score (nSPS) is 25.0. The number of hydrogen-bond donors (Lipinski definition) is 1. The van der Waals surface area contributed by atoms with Crippen LogP contribution in [0.15, 0.2) is 30.3 Å². The molecule has 2 amide bonds. The molecule has 0 bridgehead atoms. The molecule has 2 aliphatic rings. The van der Waals surface area contributed by atoms with Crippen molar-refractivity contribution in [2.24, 2.45) is 5.92 Å². The number of nitrogens with zero attached hydrogens (tertiary/aromatic N) is 2. The molecule has 5 heteroatoms. The minimum absolute atomic E-state index is 0.0335. The summed E-state index contributed by atoms with van der Waals surface area (Å²) in [6.07, 6.45) is 3.46. The Balaban J connectivity index is 1.64. The van der Waals surface area contributed by atoms with Gasteiger partial charge in [0.25, 0.3) is 0 Å². The van der Waals surface area contributed by atoms with Gasteiger partial charge in [-0.3, -0.25) is 9.59 Å². The third-order valence-corrected chi connectivity index (χ3v) is 5.51. The average Bonchev–Trinajstić information content (AvgIpc) is 3.12. The molecule has 2 heterocycles. The van der Waals surface area contributed by atoms with Crippen molar-refractivity contribution in [3.63, 3.8) is 0 Å². The van der Waals surface area contributed by atoms with Crippen LogP contribution in [0.1, 0.15) is 38.2 Å². The Hall–Kier alpha value is -1.88. The van der Waals surface area contributed by atoms with Gasteiger partial charge in [0.05, 0.1) is 12.5 Å². The van der Waals surface area contributed by atoms with Gasteiger partial charge < -0.3 is 14.9 Å². The lowest BCUT2D eigenvalue weighted by molar-refractivity contribution is -0.145. The molecule has 0 aliphatic carbocycles. The predicted octanol–water partition coefficient (Wildman–Crippen LogP) is 1.84. The lowest BCUT2D eigenvalue weighted by Gasteiger charge is -2.37. The van der Waals surface area contributed by atoms with E-state index in [1.807, 2.05) is 35.2 Å². The van der Waals surface area contributed by atoms with Crippen LogP contribution < -0.4 is 0 Å². The van der Waals surface area contributed by atoms with Crippen LogP contribution in [0.5, 0.6) is 0 Å². The Bertz CT molecular complexity index is 602. The summed E-state index contributed by atoms with van der Waals surface area (Å²) in [7, 11) is 0. The highest BCUT2D eigenvalue weighted by Gasteiger charge is 2.38. The largest absolute Gasteiger partial charge is 0.393 e. The van der Waals surface area contributed by atoms with Crippen LogP contribution in [0.2, 0.25) is 0 Å². The quantitative estimate of drug-likeness (QED) is 0.907. The van der Waals surface area contributed by atoms with Crippen LogP contribution >= 0.6 is 0 Å². The van der Waals surface area contributed by atoms with Crippen LogP contribution in [0.4, 0.5) is 0 Å². The molecule has 3 rings (SSSR count). The van der Waals surface area contributed by atoms with Crippen molar-refractivity contribution < 1.29 is 14.7 Å². The SMILES string of the molecule is CC(O)C1CCCN(C(=O)C2CCCN2C(=O)Cc2ccccc2)C1. The summed E-state index contributed by atoms with van der Waals surface area (Å²) in [4.78, 5) is 29.3. The fraction of sp³-hybridized carbons (Fsp3) is 0.600. The second-order valence-electron chi connectivity index (χ2n) is 7.33. The highest BCUT2D eigenvalue weighted by atomic mass is 16.3. The minimum atomic E-state index is -0.394. The smallest absolute Gasteiger partial charge is 0.245 e. The first kappa shape index (κ1) is 17.9. The van der Waals surface area contributed by atoms with Crippen molar-refractivity contribution in [1.82, 2.24) is 9.80 Å². The number of benzene rings is 1. The summed E-state index contributed by atoms with van der Waals surface area (Å²) >= 11 is 0. The Morgan fingerprint density at radius 2 is 1.88 bits per heavy atom. The molecular formula is C20H28N2O3. The number of amides is 2. The highest BCUT2D eigenvalue weighted by molar-refractivity contribution is 5.89. The minimum Gasteiger partial charge on any atom is -0.393 e. The van der Waals surface area contributed by atoms with E-state index in [0.717, 1.165) is 37.8 Å². The van der Waals surface area contributed by atoms with Gasteiger partial charge in [0.1, 0.15) is 6.04 Å². The maximum Gasteiger partial charge on any atom is 0.245 e. The van der Waals surface area contributed by atoms with E-state index < -0.39 is 6.10 Å². The van der Waals surface area contributed by atoms with Gasteiger partial charge >= 0.3 is 0 Å². The van der Waals surface area contributed by atoms with E-state index in [0.29, 0.717) is 19.5 Å². The number of rotatable bonds is 4. The lowest BCUT2D eigenvalue weighted by Crippen LogP contribution is -2.51. The first-order chi connectivity index (χ1) is 12.1.